The number of primary amides is 1. The predicted molar refractivity (Wildman–Crippen MR) is 115 cm³/mol. The summed E-state index contributed by atoms with van der Waals surface area (Å²) in [5.41, 5.74) is 7.95. The molecule has 0 radical (unpaired) electrons. The Morgan fingerprint density at radius 1 is 1.13 bits per heavy atom. The van der Waals surface area contributed by atoms with E-state index in [2.05, 4.69) is 0 Å². The zero-order chi connectivity index (χ0) is 22.3. The zero-order valence-electron chi connectivity index (χ0n) is 16.9. The van der Waals surface area contributed by atoms with E-state index in [1.54, 1.807) is 50.2 Å². The van der Waals surface area contributed by atoms with Gasteiger partial charge in [0.25, 0.3) is 0 Å². The molecule has 0 spiro atoms. The van der Waals surface area contributed by atoms with Crippen molar-refractivity contribution in [2.24, 2.45) is 5.73 Å². The number of hydrogen-bond donors (Lipinski definition) is 1. The zero-order valence-corrected chi connectivity index (χ0v) is 17.6. The standard InChI is InChI=1S/C24H20ClF2NO3/c1-24(2,22(28)29)14-9-10-16-17(12-14)21(13-5-3-6-15(25)11-13)30-18-7-4-8-19(20(16)18)31-23(26)27/h3-12,21,23H,1-2H3,(H2,28,29). The van der Waals surface area contributed by atoms with Crippen LogP contribution in [-0.4, -0.2) is 12.5 Å². The first-order valence-corrected chi connectivity index (χ1v) is 10.0. The molecule has 1 heterocycles. The number of ether oxygens (including phenoxy) is 2. The van der Waals surface area contributed by atoms with Gasteiger partial charge in [0.2, 0.25) is 5.91 Å². The molecule has 0 saturated carbocycles. The molecular formula is C24H20ClF2NO3. The summed E-state index contributed by atoms with van der Waals surface area (Å²) in [6, 6.07) is 17.4. The van der Waals surface area contributed by atoms with Crippen LogP contribution in [0.2, 0.25) is 5.02 Å². The van der Waals surface area contributed by atoms with Gasteiger partial charge < -0.3 is 15.2 Å². The molecule has 1 amide bonds. The lowest BCUT2D eigenvalue weighted by Gasteiger charge is -2.32. The van der Waals surface area contributed by atoms with Crippen molar-refractivity contribution in [3.8, 4) is 22.6 Å². The predicted octanol–water partition coefficient (Wildman–Crippen LogP) is 5.85. The number of amides is 1. The summed E-state index contributed by atoms with van der Waals surface area (Å²) in [6.45, 7) is 0.483. The van der Waals surface area contributed by atoms with Crippen LogP contribution in [0.3, 0.4) is 0 Å². The van der Waals surface area contributed by atoms with Crippen LogP contribution in [0, 0.1) is 0 Å². The molecule has 1 aliphatic heterocycles. The molecule has 0 fully saturated rings. The second kappa shape index (κ2) is 7.85. The number of carbonyl (C=O) groups is 1. The summed E-state index contributed by atoms with van der Waals surface area (Å²) in [4.78, 5) is 12.0. The topological polar surface area (TPSA) is 61.6 Å². The molecule has 31 heavy (non-hydrogen) atoms. The van der Waals surface area contributed by atoms with Crippen LogP contribution in [0.1, 0.15) is 36.6 Å². The van der Waals surface area contributed by atoms with Gasteiger partial charge in [-0.05, 0) is 54.8 Å². The number of halogens is 3. The molecule has 1 atom stereocenters. The number of rotatable bonds is 5. The van der Waals surface area contributed by atoms with Gasteiger partial charge in [0, 0.05) is 10.6 Å². The first kappa shape index (κ1) is 21.1. The van der Waals surface area contributed by atoms with E-state index in [9.17, 15) is 13.6 Å². The molecule has 0 bridgehead atoms. The Balaban J connectivity index is 1.96. The largest absolute Gasteiger partial charge is 0.480 e. The quantitative estimate of drug-likeness (QED) is 0.537. The average molecular weight is 444 g/mol. The highest BCUT2D eigenvalue weighted by Crippen LogP contribution is 2.50. The van der Waals surface area contributed by atoms with Crippen LogP contribution in [0.5, 0.6) is 11.5 Å². The van der Waals surface area contributed by atoms with Crippen molar-refractivity contribution in [1.82, 2.24) is 0 Å². The highest BCUT2D eigenvalue weighted by molar-refractivity contribution is 6.30. The molecule has 3 aromatic carbocycles. The van der Waals surface area contributed by atoms with Gasteiger partial charge in [-0.3, -0.25) is 4.79 Å². The summed E-state index contributed by atoms with van der Waals surface area (Å²) < 4.78 is 37.1. The molecule has 4 rings (SSSR count). The van der Waals surface area contributed by atoms with E-state index in [0.717, 1.165) is 5.56 Å². The molecule has 0 aromatic heterocycles. The summed E-state index contributed by atoms with van der Waals surface area (Å²) in [6.07, 6.45) is -0.563. The maximum atomic E-state index is 13.0. The van der Waals surface area contributed by atoms with E-state index in [1.165, 1.54) is 6.07 Å². The molecule has 1 aliphatic rings. The Labute approximate surface area is 183 Å². The molecule has 1 unspecified atom stereocenters. The molecule has 7 heteroatoms. The van der Waals surface area contributed by atoms with Gasteiger partial charge in [-0.15, -0.1) is 0 Å². The van der Waals surface area contributed by atoms with E-state index >= 15 is 0 Å². The minimum Gasteiger partial charge on any atom is -0.480 e. The van der Waals surface area contributed by atoms with Crippen molar-refractivity contribution in [2.45, 2.75) is 32.0 Å². The number of benzene rings is 3. The molecule has 3 aromatic rings. The van der Waals surface area contributed by atoms with Gasteiger partial charge in [-0.2, -0.15) is 8.78 Å². The third-order valence-electron chi connectivity index (χ3n) is 5.54. The van der Waals surface area contributed by atoms with Crippen molar-refractivity contribution in [1.29, 1.82) is 0 Å². The Kier molecular flexibility index (Phi) is 5.35. The fourth-order valence-electron chi connectivity index (χ4n) is 3.71. The second-order valence-electron chi connectivity index (χ2n) is 7.85. The maximum Gasteiger partial charge on any atom is 0.387 e. The molecule has 160 valence electrons. The van der Waals surface area contributed by atoms with Crippen LogP contribution >= 0.6 is 11.6 Å². The van der Waals surface area contributed by atoms with Crippen molar-refractivity contribution >= 4 is 17.5 Å². The van der Waals surface area contributed by atoms with E-state index in [0.29, 0.717) is 33.0 Å². The maximum absolute atomic E-state index is 13.0. The molecule has 0 saturated heterocycles. The monoisotopic (exact) mass is 443 g/mol. The van der Waals surface area contributed by atoms with Gasteiger partial charge >= 0.3 is 6.61 Å². The number of alkyl halides is 2. The Morgan fingerprint density at radius 3 is 2.55 bits per heavy atom. The highest BCUT2D eigenvalue weighted by atomic mass is 35.5. The summed E-state index contributed by atoms with van der Waals surface area (Å²) >= 11 is 6.20. The first-order valence-electron chi connectivity index (χ1n) is 9.63. The van der Waals surface area contributed by atoms with Crippen LogP contribution in [-0.2, 0) is 10.2 Å². The van der Waals surface area contributed by atoms with E-state index in [1.807, 2.05) is 18.2 Å². The van der Waals surface area contributed by atoms with E-state index < -0.39 is 24.0 Å². The lowest BCUT2D eigenvalue weighted by Crippen LogP contribution is -2.35. The average Bonchev–Trinajstić information content (AvgIpc) is 2.72. The fraction of sp³-hybridized carbons (Fsp3) is 0.208. The van der Waals surface area contributed by atoms with Gasteiger partial charge in [0.05, 0.1) is 11.0 Å². The van der Waals surface area contributed by atoms with Crippen LogP contribution in [0.4, 0.5) is 8.78 Å². The number of carbonyl (C=O) groups excluding carboxylic acids is 1. The molecule has 2 N–H and O–H groups in total. The highest BCUT2D eigenvalue weighted by Gasteiger charge is 2.34. The van der Waals surface area contributed by atoms with Crippen LogP contribution < -0.4 is 15.2 Å². The Hall–Kier alpha value is -3.12. The molecule has 4 nitrogen and oxygen atoms in total. The van der Waals surface area contributed by atoms with E-state index in [-0.39, 0.29) is 5.75 Å². The summed E-state index contributed by atoms with van der Waals surface area (Å²) in [7, 11) is 0. The molecule has 0 aliphatic carbocycles. The van der Waals surface area contributed by atoms with Crippen molar-refractivity contribution in [3.05, 3.63) is 82.4 Å². The third-order valence-corrected chi connectivity index (χ3v) is 5.78. The first-order chi connectivity index (χ1) is 14.7. The third kappa shape index (κ3) is 3.83. The van der Waals surface area contributed by atoms with Crippen molar-refractivity contribution < 1.29 is 23.0 Å². The van der Waals surface area contributed by atoms with E-state index in [4.69, 9.17) is 26.8 Å². The normalized spacial score (nSPS) is 15.1. The number of nitrogens with two attached hydrogens (primary N) is 1. The summed E-state index contributed by atoms with van der Waals surface area (Å²) in [5.74, 6) is -0.0525. The Morgan fingerprint density at radius 2 is 1.87 bits per heavy atom. The Bertz CT molecular complexity index is 1160. The van der Waals surface area contributed by atoms with Crippen molar-refractivity contribution in [3.63, 3.8) is 0 Å². The van der Waals surface area contributed by atoms with Crippen molar-refractivity contribution in [2.75, 3.05) is 0 Å². The lowest BCUT2D eigenvalue weighted by molar-refractivity contribution is -0.122. The van der Waals surface area contributed by atoms with Crippen LogP contribution in [0.15, 0.2) is 60.7 Å². The smallest absolute Gasteiger partial charge is 0.387 e. The number of hydrogen-bond acceptors (Lipinski definition) is 3. The van der Waals surface area contributed by atoms with Gasteiger partial charge in [-0.1, -0.05) is 48.0 Å². The fourth-order valence-corrected chi connectivity index (χ4v) is 3.91. The molecular weight excluding hydrogens is 424 g/mol. The van der Waals surface area contributed by atoms with Gasteiger partial charge in [0.15, 0.2) is 0 Å². The van der Waals surface area contributed by atoms with Gasteiger partial charge in [0.1, 0.15) is 17.6 Å². The minimum atomic E-state index is -2.98. The second-order valence-corrected chi connectivity index (χ2v) is 8.29. The minimum absolute atomic E-state index is 0.0141. The lowest BCUT2D eigenvalue weighted by atomic mass is 9.79. The summed E-state index contributed by atoms with van der Waals surface area (Å²) in [5, 5.41) is 0.539. The van der Waals surface area contributed by atoms with Crippen LogP contribution in [0.25, 0.3) is 11.1 Å². The van der Waals surface area contributed by atoms with Gasteiger partial charge in [-0.25, -0.2) is 0 Å². The SMILES string of the molecule is CC(C)(C(N)=O)c1ccc2c(c1)C(c1cccc(Cl)c1)Oc1cccc(OC(F)F)c1-2. The number of fused-ring (bicyclic) bond motifs is 3.